The number of nitrogens with one attached hydrogen (secondary N) is 1. The molecule has 0 aromatic carbocycles. The van der Waals surface area contributed by atoms with Crippen molar-refractivity contribution in [1.29, 1.82) is 0 Å². The van der Waals surface area contributed by atoms with Crippen LogP contribution < -0.4 is 5.32 Å². The lowest BCUT2D eigenvalue weighted by Crippen LogP contribution is -2.15. The molecular weight excluding hydrogens is 258 g/mol. The van der Waals surface area contributed by atoms with E-state index in [4.69, 9.17) is 4.52 Å². The van der Waals surface area contributed by atoms with E-state index < -0.39 is 0 Å². The van der Waals surface area contributed by atoms with Gasteiger partial charge in [0.2, 0.25) is 5.89 Å². The van der Waals surface area contributed by atoms with Crippen LogP contribution in [0.15, 0.2) is 4.52 Å². The lowest BCUT2D eigenvalue weighted by molar-refractivity contribution is 0.191. The van der Waals surface area contributed by atoms with Crippen LogP contribution in [0.25, 0.3) is 0 Å². The molecule has 2 N–H and O–H groups in total. The highest BCUT2D eigenvalue weighted by molar-refractivity contribution is 8.06. The van der Waals surface area contributed by atoms with Crippen LogP contribution in [0.1, 0.15) is 29.4 Å². The highest BCUT2D eigenvalue weighted by Crippen LogP contribution is 2.35. The highest BCUT2D eigenvalue weighted by Gasteiger charge is 2.29. The fourth-order valence-corrected chi connectivity index (χ4v) is 4.65. The number of hydrogen-bond acceptors (Lipinski definition) is 7. The van der Waals surface area contributed by atoms with E-state index >= 15 is 0 Å². The van der Waals surface area contributed by atoms with E-state index in [1.165, 1.54) is 5.75 Å². The predicted molar refractivity (Wildman–Crippen MR) is 68.2 cm³/mol. The number of β-amino-alcohol motifs (C(OH)–C–C–N with tert-alkyl or cyclic N) is 1. The molecule has 2 aliphatic rings. The van der Waals surface area contributed by atoms with Gasteiger partial charge in [0, 0.05) is 23.8 Å². The summed E-state index contributed by atoms with van der Waals surface area (Å²) in [5, 5.41) is 17.1. The third kappa shape index (κ3) is 2.62. The fourth-order valence-electron chi connectivity index (χ4n) is 2.06. The number of aliphatic hydroxyl groups excluding tert-OH is 1. The minimum absolute atomic E-state index is 0.0208. The summed E-state index contributed by atoms with van der Waals surface area (Å²) in [5.41, 5.74) is 0. The van der Waals surface area contributed by atoms with Gasteiger partial charge in [0.05, 0.1) is 17.4 Å². The largest absolute Gasteiger partial charge is 0.392 e. The van der Waals surface area contributed by atoms with Crippen LogP contribution in [0.2, 0.25) is 0 Å². The molecule has 5 nitrogen and oxygen atoms in total. The molecular formula is C10H15N3O2S2. The summed E-state index contributed by atoms with van der Waals surface area (Å²) in [6.07, 6.45) is 0.365. The monoisotopic (exact) mass is 273 g/mol. The van der Waals surface area contributed by atoms with Gasteiger partial charge in [0.25, 0.3) is 0 Å². The summed E-state index contributed by atoms with van der Waals surface area (Å²) in [7, 11) is 0. The van der Waals surface area contributed by atoms with Crippen LogP contribution in [0, 0.1) is 0 Å². The van der Waals surface area contributed by atoms with Crippen molar-refractivity contribution in [1.82, 2.24) is 15.5 Å². The molecule has 0 bridgehead atoms. The van der Waals surface area contributed by atoms with Crippen molar-refractivity contribution >= 4 is 23.5 Å². The smallest absolute Gasteiger partial charge is 0.243 e. The van der Waals surface area contributed by atoms with Gasteiger partial charge in [0.15, 0.2) is 5.82 Å². The van der Waals surface area contributed by atoms with Crippen molar-refractivity contribution in [2.45, 2.75) is 23.8 Å². The summed E-state index contributed by atoms with van der Waals surface area (Å²) < 4.78 is 5.29. The number of nitrogens with zero attached hydrogens (tertiary/aromatic N) is 2. The molecule has 3 heterocycles. The maximum Gasteiger partial charge on any atom is 0.243 e. The van der Waals surface area contributed by atoms with Gasteiger partial charge in [-0.2, -0.15) is 16.7 Å². The fraction of sp³-hybridized carbons (Fsp3) is 0.800. The quantitative estimate of drug-likeness (QED) is 0.832. The number of thioether (sulfide) groups is 2. The van der Waals surface area contributed by atoms with E-state index in [0.29, 0.717) is 24.1 Å². The van der Waals surface area contributed by atoms with Crippen molar-refractivity contribution in [2.75, 3.05) is 23.8 Å². The summed E-state index contributed by atoms with van der Waals surface area (Å²) in [6, 6.07) is 0.0208. The van der Waals surface area contributed by atoms with Crippen molar-refractivity contribution in [3.63, 3.8) is 0 Å². The van der Waals surface area contributed by atoms with E-state index in [1.807, 2.05) is 23.5 Å². The molecule has 2 aliphatic heterocycles. The van der Waals surface area contributed by atoms with Crippen LogP contribution in [-0.4, -0.2) is 45.2 Å². The average Bonchev–Trinajstić information content (AvgIpc) is 2.98. The number of rotatable bonds is 2. The SMILES string of the molecule is O[C@H]1CN[C@H](c2nc(C3CSCCS3)no2)C1. The van der Waals surface area contributed by atoms with Crippen LogP contribution >= 0.6 is 23.5 Å². The van der Waals surface area contributed by atoms with Crippen molar-refractivity contribution in [2.24, 2.45) is 0 Å². The second-order valence-electron chi connectivity index (χ2n) is 4.28. The number of hydrogen-bond donors (Lipinski definition) is 2. The number of aliphatic hydroxyl groups is 1. The Kier molecular flexibility index (Phi) is 3.60. The first-order valence-electron chi connectivity index (χ1n) is 5.77. The second kappa shape index (κ2) is 5.17. The summed E-state index contributed by atoms with van der Waals surface area (Å²) in [6.45, 7) is 0.608. The van der Waals surface area contributed by atoms with E-state index in [2.05, 4.69) is 15.5 Å². The first-order chi connectivity index (χ1) is 8.33. The molecule has 1 aromatic rings. The molecule has 7 heteroatoms. The van der Waals surface area contributed by atoms with Crippen LogP contribution in [-0.2, 0) is 0 Å². The Morgan fingerprint density at radius 2 is 2.35 bits per heavy atom. The van der Waals surface area contributed by atoms with Gasteiger partial charge in [-0.25, -0.2) is 0 Å². The first-order valence-corrected chi connectivity index (χ1v) is 7.97. The molecule has 2 fully saturated rings. The molecule has 3 rings (SSSR count). The molecule has 0 radical (unpaired) electrons. The molecule has 0 saturated carbocycles. The van der Waals surface area contributed by atoms with Gasteiger partial charge in [-0.1, -0.05) is 5.16 Å². The Hall–Kier alpha value is -0.240. The van der Waals surface area contributed by atoms with Gasteiger partial charge in [-0.3, -0.25) is 0 Å². The molecule has 94 valence electrons. The van der Waals surface area contributed by atoms with Crippen LogP contribution in [0.3, 0.4) is 0 Å². The van der Waals surface area contributed by atoms with Gasteiger partial charge in [-0.15, -0.1) is 11.8 Å². The van der Waals surface area contributed by atoms with Gasteiger partial charge in [0.1, 0.15) is 0 Å². The van der Waals surface area contributed by atoms with Crippen LogP contribution in [0.5, 0.6) is 0 Å². The molecule has 2 saturated heterocycles. The van der Waals surface area contributed by atoms with E-state index in [1.54, 1.807) is 0 Å². The van der Waals surface area contributed by atoms with Crippen LogP contribution in [0.4, 0.5) is 0 Å². The van der Waals surface area contributed by atoms with Crippen molar-refractivity contribution in [3.8, 4) is 0 Å². The normalized spacial score (nSPS) is 34.1. The zero-order chi connectivity index (χ0) is 11.7. The summed E-state index contributed by atoms with van der Waals surface area (Å²) >= 11 is 3.84. The zero-order valence-electron chi connectivity index (χ0n) is 9.33. The topological polar surface area (TPSA) is 71.2 Å². The molecule has 1 aromatic heterocycles. The molecule has 0 amide bonds. The Morgan fingerprint density at radius 3 is 3.06 bits per heavy atom. The Labute approximate surface area is 108 Å². The standard InChI is InChI=1S/C10H15N3O2S2/c14-6-3-7(11-4-6)10-12-9(13-15-10)8-5-16-1-2-17-8/h6-8,11,14H,1-5H2/t6-,7+,8?/m1/s1. The number of aromatic nitrogens is 2. The van der Waals surface area contributed by atoms with E-state index in [9.17, 15) is 5.11 Å². The van der Waals surface area contributed by atoms with Gasteiger partial charge < -0.3 is 14.9 Å². The maximum absolute atomic E-state index is 9.46. The molecule has 1 unspecified atom stereocenters. The molecule has 0 spiro atoms. The minimum Gasteiger partial charge on any atom is -0.392 e. The van der Waals surface area contributed by atoms with Gasteiger partial charge in [-0.05, 0) is 6.42 Å². The van der Waals surface area contributed by atoms with Crippen molar-refractivity contribution < 1.29 is 9.63 Å². The summed E-state index contributed by atoms with van der Waals surface area (Å²) in [4.78, 5) is 4.46. The lowest BCUT2D eigenvalue weighted by atomic mass is 10.2. The third-order valence-corrected chi connectivity index (χ3v) is 5.72. The predicted octanol–water partition coefficient (Wildman–Crippen LogP) is 0.986. The molecule has 3 atom stereocenters. The maximum atomic E-state index is 9.46. The first kappa shape index (κ1) is 11.8. The average molecular weight is 273 g/mol. The van der Waals surface area contributed by atoms with Crippen molar-refractivity contribution in [3.05, 3.63) is 11.7 Å². The Balaban J connectivity index is 1.69. The van der Waals surface area contributed by atoms with Gasteiger partial charge >= 0.3 is 0 Å². The summed E-state index contributed by atoms with van der Waals surface area (Å²) in [5.74, 6) is 4.85. The van der Waals surface area contributed by atoms with E-state index in [-0.39, 0.29) is 12.1 Å². The minimum atomic E-state index is -0.296. The van der Waals surface area contributed by atoms with E-state index in [0.717, 1.165) is 17.3 Å². The Morgan fingerprint density at radius 1 is 1.41 bits per heavy atom. The third-order valence-electron chi connectivity index (χ3n) is 2.97. The highest BCUT2D eigenvalue weighted by atomic mass is 32.2. The molecule has 0 aliphatic carbocycles. The Bertz CT molecular complexity index is 362. The lowest BCUT2D eigenvalue weighted by Gasteiger charge is -2.17. The second-order valence-corrected chi connectivity index (χ2v) is 6.74. The zero-order valence-corrected chi connectivity index (χ0v) is 11.0. The molecule has 17 heavy (non-hydrogen) atoms.